The number of ether oxygens (including phenoxy) is 3. The van der Waals surface area contributed by atoms with E-state index in [0.29, 0.717) is 0 Å². The molecule has 1 aromatic carbocycles. The Hall–Kier alpha value is -2.46. The lowest BCUT2D eigenvalue weighted by Gasteiger charge is -2.26. The monoisotopic (exact) mass is 297 g/mol. The van der Waals surface area contributed by atoms with Gasteiger partial charge in [-0.2, -0.15) is 0 Å². The lowest BCUT2D eigenvalue weighted by atomic mass is 9.96. The van der Waals surface area contributed by atoms with Crippen LogP contribution in [0.3, 0.4) is 0 Å². The highest BCUT2D eigenvalue weighted by molar-refractivity contribution is 5.54. The predicted molar refractivity (Wildman–Crippen MR) is 85.6 cm³/mol. The molecular weight excluding hydrogens is 278 g/mol. The Morgan fingerprint density at radius 1 is 1.00 bits per heavy atom. The molecule has 0 bridgehead atoms. The number of rotatable bonds is 4. The van der Waals surface area contributed by atoms with Gasteiger partial charge in [-0.3, -0.25) is 0 Å². The third kappa shape index (κ3) is 2.92. The van der Waals surface area contributed by atoms with Crippen molar-refractivity contribution in [2.24, 2.45) is 0 Å². The quantitative estimate of drug-likeness (QED) is 0.853. The molecule has 0 fully saturated rings. The number of fused-ring (bicyclic) bond motifs is 1. The van der Waals surface area contributed by atoms with Gasteiger partial charge in [-0.25, -0.2) is 0 Å². The third-order valence-electron chi connectivity index (χ3n) is 3.62. The Morgan fingerprint density at radius 2 is 1.73 bits per heavy atom. The normalized spacial score (nSPS) is 19.9. The second-order valence-corrected chi connectivity index (χ2v) is 5.17. The van der Waals surface area contributed by atoms with Crippen LogP contribution < -0.4 is 9.47 Å². The molecule has 0 amide bonds. The van der Waals surface area contributed by atoms with Gasteiger partial charge in [0.15, 0.2) is 0 Å². The number of methoxy groups -OCH3 is 2. The lowest BCUT2D eigenvalue weighted by Crippen LogP contribution is -2.21. The van der Waals surface area contributed by atoms with Crippen molar-refractivity contribution in [3.63, 3.8) is 0 Å². The number of hydrogen-bond donors (Lipinski definition) is 0. The van der Waals surface area contributed by atoms with Crippen LogP contribution in [0.1, 0.15) is 0 Å². The number of hydrogen-bond acceptors (Lipinski definition) is 4. The van der Waals surface area contributed by atoms with Gasteiger partial charge in [0, 0.05) is 32.1 Å². The predicted octanol–water partition coefficient (Wildman–Crippen LogP) is 3.26. The highest BCUT2D eigenvalue weighted by atomic mass is 16.5. The maximum absolute atomic E-state index is 6.00. The molecule has 1 aliphatic carbocycles. The average molecular weight is 297 g/mol. The van der Waals surface area contributed by atoms with Crippen LogP contribution in [0.4, 0.5) is 0 Å². The minimum absolute atomic E-state index is 0.192. The summed E-state index contributed by atoms with van der Waals surface area (Å²) < 4.78 is 16.7. The zero-order valence-corrected chi connectivity index (χ0v) is 12.9. The summed E-state index contributed by atoms with van der Waals surface area (Å²) in [6.45, 7) is 0. The van der Waals surface area contributed by atoms with E-state index in [-0.39, 0.29) is 6.10 Å². The summed E-state index contributed by atoms with van der Waals surface area (Å²) in [5.74, 6) is 2.33. The van der Waals surface area contributed by atoms with Crippen molar-refractivity contribution in [3.05, 3.63) is 71.8 Å². The molecule has 4 nitrogen and oxygen atoms in total. The SMILES string of the molecule is COc1ccc(OC2=CC3=CN(C)C=CC3=CC2OC)cc1. The van der Waals surface area contributed by atoms with Crippen molar-refractivity contribution >= 4 is 0 Å². The fourth-order valence-electron chi connectivity index (χ4n) is 2.44. The van der Waals surface area contributed by atoms with Gasteiger partial charge in [-0.1, -0.05) is 0 Å². The summed E-state index contributed by atoms with van der Waals surface area (Å²) in [5.41, 5.74) is 2.26. The third-order valence-corrected chi connectivity index (χ3v) is 3.62. The van der Waals surface area contributed by atoms with Crippen molar-refractivity contribution in [1.82, 2.24) is 4.90 Å². The minimum Gasteiger partial charge on any atom is -0.497 e. The summed E-state index contributed by atoms with van der Waals surface area (Å²) in [7, 11) is 5.33. The topological polar surface area (TPSA) is 30.9 Å². The first-order chi connectivity index (χ1) is 10.7. The summed E-state index contributed by atoms with van der Waals surface area (Å²) in [6, 6.07) is 7.51. The lowest BCUT2D eigenvalue weighted by molar-refractivity contribution is 0.132. The van der Waals surface area contributed by atoms with Crippen molar-refractivity contribution in [2.75, 3.05) is 21.3 Å². The van der Waals surface area contributed by atoms with E-state index in [4.69, 9.17) is 14.2 Å². The van der Waals surface area contributed by atoms with Gasteiger partial charge in [0.25, 0.3) is 0 Å². The van der Waals surface area contributed by atoms with Gasteiger partial charge in [-0.05, 0) is 48.1 Å². The van der Waals surface area contributed by atoms with Crippen molar-refractivity contribution < 1.29 is 14.2 Å². The maximum Gasteiger partial charge on any atom is 0.137 e. The molecule has 114 valence electrons. The summed E-state index contributed by atoms with van der Waals surface area (Å²) in [5, 5.41) is 0. The van der Waals surface area contributed by atoms with E-state index >= 15 is 0 Å². The highest BCUT2D eigenvalue weighted by Crippen LogP contribution is 2.30. The first kappa shape index (κ1) is 14.5. The smallest absolute Gasteiger partial charge is 0.137 e. The molecule has 0 saturated carbocycles. The van der Waals surface area contributed by atoms with Crippen LogP contribution in [0, 0.1) is 0 Å². The van der Waals surface area contributed by atoms with Crippen LogP contribution in [0.25, 0.3) is 0 Å². The molecular formula is C18H19NO3. The Balaban J connectivity index is 1.85. The van der Waals surface area contributed by atoms with Gasteiger partial charge in [0.1, 0.15) is 23.4 Å². The van der Waals surface area contributed by atoms with Gasteiger partial charge in [-0.15, -0.1) is 0 Å². The average Bonchev–Trinajstić information content (AvgIpc) is 2.55. The second-order valence-electron chi connectivity index (χ2n) is 5.17. The van der Waals surface area contributed by atoms with E-state index in [9.17, 15) is 0 Å². The van der Waals surface area contributed by atoms with Crippen LogP contribution in [0.2, 0.25) is 0 Å². The van der Waals surface area contributed by atoms with Crippen molar-refractivity contribution in [3.8, 4) is 11.5 Å². The van der Waals surface area contributed by atoms with Crippen LogP contribution in [-0.2, 0) is 4.74 Å². The molecule has 0 spiro atoms. The summed E-state index contributed by atoms with van der Waals surface area (Å²) in [6.07, 6.45) is 10.0. The van der Waals surface area contributed by atoms with E-state index in [1.807, 2.05) is 48.5 Å². The molecule has 3 rings (SSSR count). The van der Waals surface area contributed by atoms with Crippen LogP contribution in [0.15, 0.2) is 71.8 Å². The number of allylic oxidation sites excluding steroid dienone is 4. The minimum atomic E-state index is -0.192. The van der Waals surface area contributed by atoms with E-state index < -0.39 is 0 Å². The summed E-state index contributed by atoms with van der Waals surface area (Å²) >= 11 is 0. The van der Waals surface area contributed by atoms with Crippen LogP contribution in [0.5, 0.6) is 11.5 Å². The second kappa shape index (κ2) is 6.12. The fraction of sp³-hybridized carbons (Fsp3) is 0.222. The number of benzene rings is 1. The molecule has 4 heteroatoms. The van der Waals surface area contributed by atoms with Crippen molar-refractivity contribution in [1.29, 1.82) is 0 Å². The van der Waals surface area contributed by atoms with Gasteiger partial charge >= 0.3 is 0 Å². The first-order valence-electron chi connectivity index (χ1n) is 7.10. The molecule has 0 saturated heterocycles. The molecule has 1 atom stereocenters. The fourth-order valence-corrected chi connectivity index (χ4v) is 2.44. The first-order valence-corrected chi connectivity index (χ1v) is 7.10. The van der Waals surface area contributed by atoms with Crippen LogP contribution >= 0.6 is 0 Å². The molecule has 22 heavy (non-hydrogen) atoms. The van der Waals surface area contributed by atoms with Crippen molar-refractivity contribution in [2.45, 2.75) is 6.10 Å². The van der Waals surface area contributed by atoms with E-state index in [0.717, 1.165) is 28.4 Å². The standard InChI is InChI=1S/C18H19NO3/c1-19-9-8-13-10-17(21-3)18(11-14(13)12-19)22-16-6-4-15(20-2)5-7-16/h4-12,17H,1-3H3. The zero-order chi connectivity index (χ0) is 15.5. The van der Waals surface area contributed by atoms with Gasteiger partial charge in [0.2, 0.25) is 0 Å². The molecule has 1 aliphatic heterocycles. The van der Waals surface area contributed by atoms with Crippen LogP contribution in [-0.4, -0.2) is 32.3 Å². The Kier molecular flexibility index (Phi) is 4.02. The van der Waals surface area contributed by atoms with E-state index in [1.54, 1.807) is 14.2 Å². The van der Waals surface area contributed by atoms with Gasteiger partial charge < -0.3 is 19.1 Å². The maximum atomic E-state index is 6.00. The molecule has 0 aromatic heterocycles. The molecule has 0 radical (unpaired) electrons. The molecule has 1 unspecified atom stereocenters. The van der Waals surface area contributed by atoms with Gasteiger partial charge in [0.05, 0.1) is 7.11 Å². The summed E-state index contributed by atoms with van der Waals surface area (Å²) in [4.78, 5) is 2.02. The molecule has 0 N–H and O–H groups in total. The van der Waals surface area contributed by atoms with E-state index in [1.165, 1.54) is 0 Å². The molecule has 1 aromatic rings. The number of nitrogens with zero attached hydrogens (tertiary/aromatic N) is 1. The Bertz CT molecular complexity index is 668. The molecule has 2 aliphatic rings. The highest BCUT2D eigenvalue weighted by Gasteiger charge is 2.22. The Labute approximate surface area is 130 Å². The Morgan fingerprint density at radius 3 is 2.41 bits per heavy atom. The molecule has 1 heterocycles. The largest absolute Gasteiger partial charge is 0.497 e. The van der Waals surface area contributed by atoms with E-state index in [2.05, 4.69) is 18.4 Å². The zero-order valence-electron chi connectivity index (χ0n) is 12.9.